The predicted octanol–water partition coefficient (Wildman–Crippen LogP) is 9.92. The zero-order chi connectivity index (χ0) is 18.4. The SMILES string of the molecule is C1=C\CCCCCCCCCCCCCCCCCCCCCCCC/1. The van der Waals surface area contributed by atoms with Crippen LogP contribution in [0.3, 0.4) is 0 Å². The van der Waals surface area contributed by atoms with Crippen molar-refractivity contribution >= 4 is 0 Å². The number of hydrogen-bond acceptors (Lipinski definition) is 0. The van der Waals surface area contributed by atoms with E-state index in [1.807, 2.05) is 0 Å². The lowest BCUT2D eigenvalue weighted by molar-refractivity contribution is 0.518. The molecule has 0 nitrogen and oxygen atoms in total. The molecule has 0 saturated carbocycles. The summed E-state index contributed by atoms with van der Waals surface area (Å²) in [4.78, 5) is 0. The van der Waals surface area contributed by atoms with Crippen molar-refractivity contribution in [1.29, 1.82) is 0 Å². The molecule has 0 aromatic carbocycles. The zero-order valence-electron chi connectivity index (χ0n) is 18.1. The highest BCUT2D eigenvalue weighted by molar-refractivity contribution is 4.81. The maximum Gasteiger partial charge on any atom is -0.0351 e. The van der Waals surface area contributed by atoms with Crippen LogP contribution < -0.4 is 0 Å². The first-order valence-electron chi connectivity index (χ1n) is 12.6. The van der Waals surface area contributed by atoms with E-state index < -0.39 is 0 Å². The Bertz CT molecular complexity index is 250. The van der Waals surface area contributed by atoms with Crippen molar-refractivity contribution in [2.24, 2.45) is 0 Å². The van der Waals surface area contributed by atoms with Crippen molar-refractivity contribution < 1.29 is 0 Å². The van der Waals surface area contributed by atoms with Gasteiger partial charge in [-0.3, -0.25) is 0 Å². The molecule has 0 aliphatic heterocycles. The van der Waals surface area contributed by atoms with Crippen LogP contribution in [0, 0.1) is 0 Å². The Balaban J connectivity index is 2.04. The predicted molar refractivity (Wildman–Crippen MR) is 120 cm³/mol. The summed E-state index contributed by atoms with van der Waals surface area (Å²) in [6.45, 7) is 0. The van der Waals surface area contributed by atoms with Crippen LogP contribution in [0.4, 0.5) is 0 Å². The fourth-order valence-electron chi connectivity index (χ4n) is 4.30. The molecule has 0 aromatic heterocycles. The fraction of sp³-hybridized carbons (Fsp3) is 0.923. The van der Waals surface area contributed by atoms with Crippen LogP contribution in [0.25, 0.3) is 0 Å². The second-order valence-corrected chi connectivity index (χ2v) is 8.83. The van der Waals surface area contributed by atoms with Gasteiger partial charge in [0.05, 0.1) is 0 Å². The Hall–Kier alpha value is -0.260. The van der Waals surface area contributed by atoms with E-state index in [1.165, 1.54) is 154 Å². The summed E-state index contributed by atoms with van der Waals surface area (Å²) in [5.41, 5.74) is 0. The Kier molecular flexibility index (Phi) is 19.2. The topological polar surface area (TPSA) is 0 Å². The normalized spacial score (nSPS) is 24.6. The molecule has 0 spiro atoms. The van der Waals surface area contributed by atoms with Crippen LogP contribution in [-0.2, 0) is 0 Å². The summed E-state index contributed by atoms with van der Waals surface area (Å²) in [5.74, 6) is 0. The molecule has 0 heterocycles. The van der Waals surface area contributed by atoms with E-state index in [2.05, 4.69) is 12.2 Å². The van der Waals surface area contributed by atoms with Gasteiger partial charge in [-0.2, -0.15) is 0 Å². The summed E-state index contributed by atoms with van der Waals surface area (Å²) in [6, 6.07) is 0. The highest BCUT2D eigenvalue weighted by Gasteiger charge is 1.96. The van der Waals surface area contributed by atoms with E-state index in [9.17, 15) is 0 Å². The van der Waals surface area contributed by atoms with Gasteiger partial charge >= 0.3 is 0 Å². The first kappa shape index (κ1) is 23.8. The molecular formula is C26H50. The van der Waals surface area contributed by atoms with Crippen molar-refractivity contribution in [3.05, 3.63) is 12.2 Å². The second-order valence-electron chi connectivity index (χ2n) is 8.83. The maximum absolute atomic E-state index is 2.45. The van der Waals surface area contributed by atoms with E-state index in [0.29, 0.717) is 0 Å². The van der Waals surface area contributed by atoms with E-state index >= 15 is 0 Å². The Morgan fingerprint density at radius 2 is 0.346 bits per heavy atom. The molecule has 0 saturated heterocycles. The first-order valence-corrected chi connectivity index (χ1v) is 12.6. The molecule has 154 valence electrons. The molecule has 1 rings (SSSR count). The molecule has 0 heteroatoms. The summed E-state index contributed by atoms with van der Waals surface area (Å²) < 4.78 is 0. The molecule has 1 aliphatic rings. The highest BCUT2D eigenvalue weighted by atomic mass is 14.0. The Morgan fingerprint density at radius 3 is 0.538 bits per heavy atom. The van der Waals surface area contributed by atoms with Crippen molar-refractivity contribution in [2.75, 3.05) is 0 Å². The smallest absolute Gasteiger partial charge is 0.0351 e. The minimum Gasteiger partial charge on any atom is -0.0885 e. The molecule has 0 unspecified atom stereocenters. The average molecular weight is 363 g/mol. The lowest BCUT2D eigenvalue weighted by Gasteiger charge is -2.04. The number of hydrogen-bond donors (Lipinski definition) is 0. The van der Waals surface area contributed by atoms with E-state index in [-0.39, 0.29) is 0 Å². The molecule has 26 heavy (non-hydrogen) atoms. The van der Waals surface area contributed by atoms with Gasteiger partial charge in [0.15, 0.2) is 0 Å². The molecule has 0 fully saturated rings. The Labute approximate surface area is 166 Å². The maximum atomic E-state index is 2.45. The van der Waals surface area contributed by atoms with Crippen LogP contribution in [-0.4, -0.2) is 0 Å². The molecule has 0 bridgehead atoms. The monoisotopic (exact) mass is 362 g/mol. The second kappa shape index (κ2) is 21.0. The van der Waals surface area contributed by atoms with Gasteiger partial charge in [-0.1, -0.05) is 141 Å². The Morgan fingerprint density at radius 1 is 0.192 bits per heavy atom. The van der Waals surface area contributed by atoms with Crippen LogP contribution >= 0.6 is 0 Å². The van der Waals surface area contributed by atoms with Gasteiger partial charge in [-0.15, -0.1) is 0 Å². The van der Waals surface area contributed by atoms with Gasteiger partial charge in [0.2, 0.25) is 0 Å². The van der Waals surface area contributed by atoms with Gasteiger partial charge in [0.25, 0.3) is 0 Å². The molecule has 0 N–H and O–H groups in total. The quantitative estimate of drug-likeness (QED) is 0.376. The fourth-order valence-corrected chi connectivity index (χ4v) is 4.30. The lowest BCUT2D eigenvalue weighted by Crippen LogP contribution is -1.84. The van der Waals surface area contributed by atoms with Crippen LogP contribution in [0.1, 0.15) is 154 Å². The van der Waals surface area contributed by atoms with Gasteiger partial charge in [-0.25, -0.2) is 0 Å². The number of allylic oxidation sites excluding steroid dienone is 2. The third-order valence-electron chi connectivity index (χ3n) is 6.16. The minimum absolute atomic E-state index is 1.32. The third-order valence-corrected chi connectivity index (χ3v) is 6.16. The van der Waals surface area contributed by atoms with Crippen LogP contribution in [0.2, 0.25) is 0 Å². The van der Waals surface area contributed by atoms with Crippen molar-refractivity contribution in [3.63, 3.8) is 0 Å². The van der Waals surface area contributed by atoms with E-state index in [4.69, 9.17) is 0 Å². The molecule has 0 amide bonds. The molecule has 0 atom stereocenters. The van der Waals surface area contributed by atoms with Crippen LogP contribution in [0.15, 0.2) is 12.2 Å². The third kappa shape index (κ3) is 18.5. The standard InChI is InChI=1S/C26H50/c1-2-4-6-8-10-12-14-16-18-20-22-24-26-25-23-21-19-17-15-13-11-9-7-5-3-1/h1-2H,3-26H2/b2-1-. The zero-order valence-corrected chi connectivity index (χ0v) is 18.1. The van der Waals surface area contributed by atoms with E-state index in [0.717, 1.165) is 0 Å². The minimum atomic E-state index is 1.32. The average Bonchev–Trinajstić information content (AvgIpc) is 2.65. The van der Waals surface area contributed by atoms with Gasteiger partial charge in [0, 0.05) is 0 Å². The summed E-state index contributed by atoms with van der Waals surface area (Å²) in [6.07, 6.45) is 40.0. The molecule has 1 aliphatic carbocycles. The van der Waals surface area contributed by atoms with Crippen molar-refractivity contribution in [2.45, 2.75) is 154 Å². The summed E-state index contributed by atoms with van der Waals surface area (Å²) in [7, 11) is 0. The largest absolute Gasteiger partial charge is 0.0885 e. The van der Waals surface area contributed by atoms with Crippen molar-refractivity contribution in [3.8, 4) is 0 Å². The molecule has 0 aromatic rings. The van der Waals surface area contributed by atoms with Gasteiger partial charge in [-0.05, 0) is 25.7 Å². The summed E-state index contributed by atoms with van der Waals surface area (Å²) in [5, 5.41) is 0. The summed E-state index contributed by atoms with van der Waals surface area (Å²) >= 11 is 0. The van der Waals surface area contributed by atoms with Gasteiger partial charge < -0.3 is 0 Å². The van der Waals surface area contributed by atoms with Crippen LogP contribution in [0.5, 0.6) is 0 Å². The first-order chi connectivity index (χ1) is 13.0. The lowest BCUT2D eigenvalue weighted by atomic mass is 10.0. The van der Waals surface area contributed by atoms with E-state index in [1.54, 1.807) is 0 Å². The molecule has 0 radical (unpaired) electrons. The van der Waals surface area contributed by atoms with Crippen molar-refractivity contribution in [1.82, 2.24) is 0 Å². The number of rotatable bonds is 0. The molecular weight excluding hydrogens is 312 g/mol. The van der Waals surface area contributed by atoms with Gasteiger partial charge in [0.1, 0.15) is 0 Å². The highest BCUT2D eigenvalue weighted by Crippen LogP contribution is 2.16.